The van der Waals surface area contributed by atoms with E-state index in [0.29, 0.717) is 0 Å². The summed E-state index contributed by atoms with van der Waals surface area (Å²) in [5.74, 6) is 6.28. The Kier molecular flexibility index (Phi) is 7.86. The summed E-state index contributed by atoms with van der Waals surface area (Å²) in [6.07, 6.45) is 27.6. The zero-order valence-corrected chi connectivity index (χ0v) is 24.4. The van der Waals surface area contributed by atoms with Crippen LogP contribution in [0.25, 0.3) is 0 Å². The summed E-state index contributed by atoms with van der Waals surface area (Å²) in [4.78, 5) is 0. The van der Waals surface area contributed by atoms with Gasteiger partial charge in [-0.1, -0.05) is 114 Å². The van der Waals surface area contributed by atoms with Crippen molar-refractivity contribution in [3.05, 3.63) is 48.0 Å². The molecule has 1 heteroatoms. The van der Waals surface area contributed by atoms with E-state index in [0.717, 1.165) is 46.6 Å². The van der Waals surface area contributed by atoms with Crippen molar-refractivity contribution in [1.82, 2.24) is 0 Å². The number of benzene rings is 1. The van der Waals surface area contributed by atoms with Crippen LogP contribution in [0.5, 0.6) is 0 Å². The first kappa shape index (κ1) is 25.5. The van der Waals surface area contributed by atoms with Gasteiger partial charge in [0.15, 0.2) is 0 Å². The van der Waals surface area contributed by atoms with Gasteiger partial charge in [-0.05, 0) is 96.2 Å². The third kappa shape index (κ3) is 4.42. The topological polar surface area (TPSA) is 0 Å². The molecule has 4 fully saturated rings. The minimum absolute atomic E-state index is 0.894. The van der Waals surface area contributed by atoms with Crippen LogP contribution >= 0.6 is 0 Å². The average molecular weight is 503 g/mol. The van der Waals surface area contributed by atoms with Crippen molar-refractivity contribution in [2.75, 3.05) is 0 Å². The van der Waals surface area contributed by atoms with Gasteiger partial charge >= 0.3 is 0 Å². The molecule has 8 unspecified atom stereocenters. The Labute approximate surface area is 224 Å². The third-order valence-corrected chi connectivity index (χ3v) is 18.5. The van der Waals surface area contributed by atoms with E-state index in [1.807, 2.05) is 11.1 Å². The molecule has 0 spiro atoms. The normalized spacial score (nSPS) is 38.9. The summed E-state index contributed by atoms with van der Waals surface area (Å²) in [5, 5.41) is 0. The first-order valence-corrected chi connectivity index (χ1v) is 19.3. The molecule has 5 aliphatic carbocycles. The van der Waals surface area contributed by atoms with Gasteiger partial charge in [0.25, 0.3) is 0 Å². The summed E-state index contributed by atoms with van der Waals surface area (Å²) in [6, 6.07) is 11.6. The number of unbranched alkanes of at least 4 members (excludes halogenated alkanes) is 4. The van der Waals surface area contributed by atoms with E-state index in [1.165, 1.54) is 83.5 Å². The van der Waals surface area contributed by atoms with E-state index in [2.05, 4.69) is 43.5 Å². The van der Waals surface area contributed by atoms with Gasteiger partial charge in [-0.2, -0.15) is 0 Å². The molecule has 36 heavy (non-hydrogen) atoms. The van der Waals surface area contributed by atoms with Crippen LogP contribution in [0.2, 0.25) is 18.1 Å². The quantitative estimate of drug-likeness (QED) is 0.179. The Hall–Kier alpha value is -0.823. The molecule has 0 amide bonds. The van der Waals surface area contributed by atoms with Crippen LogP contribution in [-0.2, 0) is 0 Å². The van der Waals surface area contributed by atoms with Gasteiger partial charge in [-0.25, -0.2) is 0 Å². The lowest BCUT2D eigenvalue weighted by molar-refractivity contribution is 0.184. The van der Waals surface area contributed by atoms with E-state index >= 15 is 0 Å². The van der Waals surface area contributed by atoms with Crippen molar-refractivity contribution < 1.29 is 0 Å². The molecule has 0 heterocycles. The van der Waals surface area contributed by atoms with Crippen molar-refractivity contribution in [2.45, 2.75) is 139 Å². The SMILES string of the molecule is C=CCCCCCC[Si](C)(C1c2ccccc2C2CCCCC21)C1C2CCCCC2C2CCCCC21. The molecule has 1 aromatic rings. The first-order valence-electron chi connectivity index (χ1n) is 16.4. The van der Waals surface area contributed by atoms with Crippen LogP contribution in [0.3, 0.4) is 0 Å². The minimum atomic E-state index is -1.55. The highest BCUT2D eigenvalue weighted by Crippen LogP contribution is 2.68. The van der Waals surface area contributed by atoms with Crippen molar-refractivity contribution in [3.8, 4) is 0 Å². The van der Waals surface area contributed by atoms with E-state index in [-0.39, 0.29) is 0 Å². The molecule has 1 aromatic carbocycles. The Morgan fingerprint density at radius 3 is 1.92 bits per heavy atom. The fourth-order valence-electron chi connectivity index (χ4n) is 11.5. The summed E-state index contributed by atoms with van der Waals surface area (Å²) < 4.78 is 0. The molecule has 0 radical (unpaired) electrons. The van der Waals surface area contributed by atoms with Gasteiger partial charge in [0.05, 0.1) is 8.07 Å². The number of fused-ring (bicyclic) bond motifs is 6. The standard InChI is InChI=1S/C35H54Si/c1-3-4-5-6-7-16-25-36(2,34-30-21-12-8-17-26(30)27-18-9-13-22-31(27)34)35-32-23-14-10-19-28(32)29-20-11-15-24-33(29)35/h3,8,12,17,21,27-29,31-35H,1,4-7,9-11,13-16,18-20,22-25H2,2H3. The van der Waals surface area contributed by atoms with Gasteiger partial charge < -0.3 is 0 Å². The molecule has 8 atom stereocenters. The highest BCUT2D eigenvalue weighted by atomic mass is 28.3. The van der Waals surface area contributed by atoms with E-state index in [4.69, 9.17) is 0 Å². The molecule has 5 aliphatic rings. The maximum atomic E-state index is 3.97. The zero-order chi connectivity index (χ0) is 24.5. The summed E-state index contributed by atoms with van der Waals surface area (Å²) in [6.45, 7) is 6.98. The molecule has 0 bridgehead atoms. The lowest BCUT2D eigenvalue weighted by Gasteiger charge is -2.49. The number of hydrogen-bond acceptors (Lipinski definition) is 0. The van der Waals surface area contributed by atoms with Crippen molar-refractivity contribution >= 4 is 8.07 Å². The lowest BCUT2D eigenvalue weighted by Crippen LogP contribution is -2.50. The van der Waals surface area contributed by atoms with Gasteiger partial charge in [0, 0.05) is 0 Å². The predicted octanol–water partition coefficient (Wildman–Crippen LogP) is 10.8. The molecule has 0 aliphatic heterocycles. The number of rotatable bonds is 9. The van der Waals surface area contributed by atoms with Gasteiger partial charge in [0.2, 0.25) is 0 Å². The van der Waals surface area contributed by atoms with Gasteiger partial charge in [0.1, 0.15) is 0 Å². The summed E-state index contributed by atoms with van der Waals surface area (Å²) in [7, 11) is -1.55. The molecule has 0 nitrogen and oxygen atoms in total. The first-order chi connectivity index (χ1) is 17.7. The third-order valence-electron chi connectivity index (χ3n) is 12.5. The molecule has 0 aromatic heterocycles. The molecule has 0 N–H and O–H groups in total. The largest absolute Gasteiger partial charge is 0.103 e. The second-order valence-electron chi connectivity index (χ2n) is 14.2. The van der Waals surface area contributed by atoms with Crippen molar-refractivity contribution in [2.24, 2.45) is 29.6 Å². The predicted molar refractivity (Wildman–Crippen MR) is 158 cm³/mol. The average Bonchev–Trinajstić information content (AvgIpc) is 3.45. The maximum absolute atomic E-state index is 3.97. The van der Waals surface area contributed by atoms with Gasteiger partial charge in [-0.15, -0.1) is 6.58 Å². The van der Waals surface area contributed by atoms with Crippen LogP contribution < -0.4 is 0 Å². The molecular weight excluding hydrogens is 448 g/mol. The van der Waals surface area contributed by atoms with E-state index < -0.39 is 8.07 Å². The zero-order valence-electron chi connectivity index (χ0n) is 23.4. The highest BCUT2D eigenvalue weighted by Gasteiger charge is 2.61. The molecule has 4 saturated carbocycles. The lowest BCUT2D eigenvalue weighted by atomic mass is 9.73. The smallest absolute Gasteiger partial charge is 0.0622 e. The second-order valence-corrected chi connectivity index (χ2v) is 19.0. The van der Waals surface area contributed by atoms with Crippen LogP contribution in [0, 0.1) is 29.6 Å². The highest BCUT2D eigenvalue weighted by molar-refractivity contribution is 6.81. The maximum Gasteiger partial charge on any atom is 0.0622 e. The fraction of sp³-hybridized carbons (Fsp3) is 0.771. The van der Waals surface area contributed by atoms with Crippen molar-refractivity contribution in [3.63, 3.8) is 0 Å². The Bertz CT molecular complexity index is 866. The molecule has 6 rings (SSSR count). The summed E-state index contributed by atoms with van der Waals surface area (Å²) >= 11 is 0. The monoisotopic (exact) mass is 502 g/mol. The van der Waals surface area contributed by atoms with E-state index in [9.17, 15) is 0 Å². The Morgan fingerprint density at radius 1 is 0.694 bits per heavy atom. The molecular formula is C35H54Si. The van der Waals surface area contributed by atoms with Crippen LogP contribution in [0.4, 0.5) is 0 Å². The number of hydrogen-bond donors (Lipinski definition) is 0. The van der Waals surface area contributed by atoms with Crippen LogP contribution in [0.1, 0.15) is 132 Å². The van der Waals surface area contributed by atoms with E-state index in [1.54, 1.807) is 31.7 Å². The number of allylic oxidation sites excluding steroid dienone is 1. The van der Waals surface area contributed by atoms with Crippen molar-refractivity contribution in [1.29, 1.82) is 0 Å². The molecule has 0 saturated heterocycles. The summed E-state index contributed by atoms with van der Waals surface area (Å²) in [5.41, 5.74) is 5.78. The minimum Gasteiger partial charge on any atom is -0.103 e. The fourth-order valence-corrected chi connectivity index (χ4v) is 18.7. The Balaban J connectivity index is 1.37. The van der Waals surface area contributed by atoms with Gasteiger partial charge in [-0.3, -0.25) is 0 Å². The van der Waals surface area contributed by atoms with Crippen LogP contribution in [0.15, 0.2) is 36.9 Å². The molecule has 198 valence electrons. The Morgan fingerprint density at radius 2 is 1.25 bits per heavy atom. The van der Waals surface area contributed by atoms with Crippen LogP contribution in [-0.4, -0.2) is 8.07 Å². The second kappa shape index (κ2) is 11.1.